The molecule has 3 aromatic heterocycles. The summed E-state index contributed by atoms with van der Waals surface area (Å²) in [5.41, 5.74) is 5.31. The molecule has 0 bridgehead atoms. The molecule has 0 aromatic carbocycles. The normalized spacial score (nSPS) is 11.4. The van der Waals surface area contributed by atoms with E-state index in [1.807, 2.05) is 17.5 Å². The fraction of sp³-hybridized carbons (Fsp3) is 0.188. The van der Waals surface area contributed by atoms with Crippen molar-refractivity contribution in [3.8, 4) is 0 Å². The van der Waals surface area contributed by atoms with Crippen LogP contribution in [-0.2, 0) is 12.6 Å². The van der Waals surface area contributed by atoms with Gasteiger partial charge in [-0.05, 0) is 23.9 Å². The standard InChI is InChI=1S/C16H14ClF3N6S/c17-11-6-9(16(18,19)20)7-23-13(11)26-15-12(21)14(24-8-25-15)22-4-3-10-2-1-5-27-10/h1-2,5-8H,3-4,21H2,(H2,22,23,24,25,26). The van der Waals surface area contributed by atoms with Crippen molar-refractivity contribution in [1.82, 2.24) is 15.0 Å². The minimum atomic E-state index is -4.53. The van der Waals surface area contributed by atoms with E-state index < -0.39 is 11.7 Å². The Hall–Kier alpha value is -2.59. The summed E-state index contributed by atoms with van der Waals surface area (Å²) in [5, 5.41) is 7.65. The van der Waals surface area contributed by atoms with Gasteiger partial charge in [-0.25, -0.2) is 15.0 Å². The Morgan fingerprint density at radius 1 is 1.15 bits per heavy atom. The van der Waals surface area contributed by atoms with E-state index in [2.05, 4.69) is 25.6 Å². The summed E-state index contributed by atoms with van der Waals surface area (Å²) in [7, 11) is 0. The third kappa shape index (κ3) is 4.77. The van der Waals surface area contributed by atoms with Gasteiger partial charge in [-0.2, -0.15) is 13.2 Å². The molecular weight excluding hydrogens is 401 g/mol. The summed E-state index contributed by atoms with van der Waals surface area (Å²) < 4.78 is 38.1. The number of nitrogens with two attached hydrogens (primary N) is 1. The average Bonchev–Trinajstić information content (AvgIpc) is 3.12. The fourth-order valence-electron chi connectivity index (χ4n) is 2.19. The topological polar surface area (TPSA) is 88.8 Å². The third-order valence-corrected chi connectivity index (χ3v) is 4.76. The number of alkyl halides is 3. The smallest absolute Gasteiger partial charge is 0.393 e. The van der Waals surface area contributed by atoms with Crippen LogP contribution in [0.2, 0.25) is 5.02 Å². The minimum Gasteiger partial charge on any atom is -0.393 e. The first-order valence-electron chi connectivity index (χ1n) is 7.71. The third-order valence-electron chi connectivity index (χ3n) is 3.53. The molecular formula is C16H14ClF3N6S. The zero-order chi connectivity index (χ0) is 19.4. The molecule has 142 valence electrons. The molecule has 3 aromatic rings. The number of hydrogen-bond acceptors (Lipinski definition) is 7. The van der Waals surface area contributed by atoms with Crippen molar-refractivity contribution in [2.24, 2.45) is 0 Å². The number of nitrogen functional groups attached to an aromatic ring is 1. The zero-order valence-corrected chi connectivity index (χ0v) is 15.3. The zero-order valence-electron chi connectivity index (χ0n) is 13.7. The Bertz CT molecular complexity index is 917. The van der Waals surface area contributed by atoms with Crippen molar-refractivity contribution in [1.29, 1.82) is 0 Å². The fourth-order valence-corrected chi connectivity index (χ4v) is 3.11. The van der Waals surface area contributed by atoms with Crippen molar-refractivity contribution in [3.63, 3.8) is 0 Å². The van der Waals surface area contributed by atoms with E-state index in [9.17, 15) is 13.2 Å². The maximum Gasteiger partial charge on any atom is 0.417 e. The van der Waals surface area contributed by atoms with Gasteiger partial charge in [-0.15, -0.1) is 11.3 Å². The van der Waals surface area contributed by atoms with Gasteiger partial charge in [0.15, 0.2) is 11.6 Å². The molecule has 6 nitrogen and oxygen atoms in total. The lowest BCUT2D eigenvalue weighted by molar-refractivity contribution is -0.137. The first-order valence-corrected chi connectivity index (χ1v) is 8.97. The van der Waals surface area contributed by atoms with Gasteiger partial charge in [-0.3, -0.25) is 0 Å². The van der Waals surface area contributed by atoms with Crippen LogP contribution >= 0.6 is 22.9 Å². The largest absolute Gasteiger partial charge is 0.417 e. The highest BCUT2D eigenvalue weighted by Gasteiger charge is 2.31. The highest BCUT2D eigenvalue weighted by molar-refractivity contribution is 7.09. The highest BCUT2D eigenvalue weighted by atomic mass is 35.5. The molecule has 0 spiro atoms. The van der Waals surface area contributed by atoms with Gasteiger partial charge in [0.1, 0.15) is 17.8 Å². The number of rotatable bonds is 6. The second kappa shape index (κ2) is 7.97. The SMILES string of the molecule is Nc1c(NCCc2cccs2)ncnc1Nc1ncc(C(F)(F)F)cc1Cl. The van der Waals surface area contributed by atoms with E-state index >= 15 is 0 Å². The molecule has 0 radical (unpaired) electrons. The van der Waals surface area contributed by atoms with Gasteiger partial charge in [0.2, 0.25) is 0 Å². The summed E-state index contributed by atoms with van der Waals surface area (Å²) >= 11 is 7.55. The number of halogens is 4. The van der Waals surface area contributed by atoms with E-state index in [0.717, 1.165) is 12.5 Å². The average molecular weight is 415 g/mol. The van der Waals surface area contributed by atoms with Gasteiger partial charge in [-0.1, -0.05) is 17.7 Å². The Balaban J connectivity index is 1.72. The van der Waals surface area contributed by atoms with Crippen LogP contribution in [0.4, 0.5) is 36.3 Å². The monoisotopic (exact) mass is 414 g/mol. The van der Waals surface area contributed by atoms with Crippen molar-refractivity contribution in [2.45, 2.75) is 12.6 Å². The molecule has 0 fully saturated rings. The lowest BCUT2D eigenvalue weighted by atomic mass is 10.2. The molecule has 4 N–H and O–H groups in total. The predicted molar refractivity (Wildman–Crippen MR) is 100 cm³/mol. The molecule has 0 saturated carbocycles. The molecule has 11 heteroatoms. The summed E-state index contributed by atoms with van der Waals surface area (Å²) in [6, 6.07) is 4.79. The van der Waals surface area contributed by atoms with Crippen LogP contribution in [0.3, 0.4) is 0 Å². The lowest BCUT2D eigenvalue weighted by Gasteiger charge is -2.13. The van der Waals surface area contributed by atoms with Crippen LogP contribution in [0.15, 0.2) is 36.1 Å². The van der Waals surface area contributed by atoms with Gasteiger partial charge < -0.3 is 16.4 Å². The first-order chi connectivity index (χ1) is 12.8. The van der Waals surface area contributed by atoms with E-state index in [1.165, 1.54) is 11.2 Å². The number of pyridine rings is 1. The number of nitrogens with zero attached hydrogens (tertiary/aromatic N) is 3. The summed E-state index contributed by atoms with van der Waals surface area (Å²) in [5.74, 6) is 0.615. The number of aromatic nitrogens is 3. The number of thiophene rings is 1. The first kappa shape index (κ1) is 19.2. The van der Waals surface area contributed by atoms with Crippen LogP contribution in [0, 0.1) is 0 Å². The van der Waals surface area contributed by atoms with E-state index in [0.29, 0.717) is 18.6 Å². The van der Waals surface area contributed by atoms with Crippen molar-refractivity contribution >= 4 is 46.1 Å². The van der Waals surface area contributed by atoms with E-state index in [4.69, 9.17) is 17.3 Å². The molecule has 0 amide bonds. The number of hydrogen-bond donors (Lipinski definition) is 3. The number of nitrogens with one attached hydrogen (secondary N) is 2. The maximum atomic E-state index is 12.7. The van der Waals surface area contributed by atoms with Crippen LogP contribution < -0.4 is 16.4 Å². The van der Waals surface area contributed by atoms with Crippen molar-refractivity contribution in [3.05, 3.63) is 51.6 Å². The number of anilines is 4. The Morgan fingerprint density at radius 2 is 1.93 bits per heavy atom. The van der Waals surface area contributed by atoms with Crippen LogP contribution in [-0.4, -0.2) is 21.5 Å². The molecule has 0 aliphatic heterocycles. The van der Waals surface area contributed by atoms with Crippen LogP contribution in [0.5, 0.6) is 0 Å². The van der Waals surface area contributed by atoms with Crippen LogP contribution in [0.25, 0.3) is 0 Å². The molecule has 0 unspecified atom stereocenters. The molecule has 0 aliphatic carbocycles. The Labute approximate surface area is 161 Å². The van der Waals surface area contributed by atoms with Gasteiger partial charge in [0, 0.05) is 17.6 Å². The molecule has 27 heavy (non-hydrogen) atoms. The van der Waals surface area contributed by atoms with Crippen molar-refractivity contribution in [2.75, 3.05) is 22.9 Å². The lowest BCUT2D eigenvalue weighted by Crippen LogP contribution is -2.11. The van der Waals surface area contributed by atoms with E-state index in [-0.39, 0.29) is 22.3 Å². The summed E-state index contributed by atoms with van der Waals surface area (Å²) in [6.45, 7) is 0.612. The molecule has 0 atom stereocenters. The van der Waals surface area contributed by atoms with E-state index in [1.54, 1.807) is 11.3 Å². The maximum absolute atomic E-state index is 12.7. The summed E-state index contributed by atoms with van der Waals surface area (Å²) in [6.07, 6.45) is -1.76. The molecule has 0 saturated heterocycles. The summed E-state index contributed by atoms with van der Waals surface area (Å²) in [4.78, 5) is 13.0. The minimum absolute atomic E-state index is 0.0135. The molecule has 3 heterocycles. The predicted octanol–water partition coefficient (Wildman–Crippen LogP) is 4.59. The highest BCUT2D eigenvalue weighted by Crippen LogP contribution is 2.34. The van der Waals surface area contributed by atoms with Crippen LogP contribution in [0.1, 0.15) is 10.4 Å². The quantitative estimate of drug-likeness (QED) is 0.547. The molecule has 3 rings (SSSR count). The van der Waals surface area contributed by atoms with Gasteiger partial charge in [0.05, 0.1) is 10.6 Å². The van der Waals surface area contributed by atoms with Crippen molar-refractivity contribution < 1.29 is 13.2 Å². The Kier molecular flexibility index (Phi) is 5.66. The molecule has 0 aliphatic rings. The second-order valence-electron chi connectivity index (χ2n) is 5.42. The second-order valence-corrected chi connectivity index (χ2v) is 6.86. The Morgan fingerprint density at radius 3 is 2.59 bits per heavy atom. The van der Waals surface area contributed by atoms with Gasteiger partial charge >= 0.3 is 6.18 Å². The van der Waals surface area contributed by atoms with Gasteiger partial charge in [0.25, 0.3) is 0 Å².